The van der Waals surface area contributed by atoms with E-state index in [0.29, 0.717) is 13.0 Å². The molecule has 0 saturated heterocycles. The van der Waals surface area contributed by atoms with E-state index in [1.165, 1.54) is 25.7 Å². The molecule has 0 spiro atoms. The van der Waals surface area contributed by atoms with Crippen molar-refractivity contribution in [2.45, 2.75) is 44.2 Å². The minimum atomic E-state index is 0.0871. The summed E-state index contributed by atoms with van der Waals surface area (Å²) < 4.78 is 0. The van der Waals surface area contributed by atoms with E-state index in [-0.39, 0.29) is 11.4 Å². The van der Waals surface area contributed by atoms with Crippen molar-refractivity contribution in [3.8, 4) is 0 Å². The van der Waals surface area contributed by atoms with Crippen molar-refractivity contribution in [1.82, 2.24) is 10.2 Å². The summed E-state index contributed by atoms with van der Waals surface area (Å²) in [5, 5.41) is 3.13. The maximum Gasteiger partial charge on any atom is 0.224 e. The van der Waals surface area contributed by atoms with Crippen LogP contribution in [-0.2, 0) is 17.8 Å². The first-order valence-electron chi connectivity index (χ1n) is 7.78. The van der Waals surface area contributed by atoms with Crippen LogP contribution in [0.1, 0.15) is 36.8 Å². The summed E-state index contributed by atoms with van der Waals surface area (Å²) in [6, 6.07) is 7.89. The molecule has 1 aromatic carbocycles. The van der Waals surface area contributed by atoms with Gasteiger partial charge in [0.05, 0.1) is 6.42 Å². The van der Waals surface area contributed by atoms with Crippen LogP contribution in [0.5, 0.6) is 0 Å². The molecule has 1 fully saturated rings. The Kier molecular flexibility index (Phi) is 5.37. The lowest BCUT2D eigenvalue weighted by atomic mass is 9.95. The quantitative estimate of drug-likeness (QED) is 0.837. The largest absolute Gasteiger partial charge is 0.354 e. The number of hydrogen-bond donors (Lipinski definition) is 2. The number of nitrogens with one attached hydrogen (secondary N) is 1. The molecule has 1 amide bonds. The minimum Gasteiger partial charge on any atom is -0.354 e. The van der Waals surface area contributed by atoms with Crippen LogP contribution >= 0.6 is 0 Å². The van der Waals surface area contributed by atoms with Gasteiger partial charge in [-0.15, -0.1) is 0 Å². The van der Waals surface area contributed by atoms with Gasteiger partial charge < -0.3 is 16.0 Å². The number of carbonyl (C=O) groups excluding carboxylic acids is 1. The highest BCUT2D eigenvalue weighted by Gasteiger charge is 2.36. The molecular weight excluding hydrogens is 262 g/mol. The van der Waals surface area contributed by atoms with Gasteiger partial charge in [-0.3, -0.25) is 4.79 Å². The number of benzene rings is 1. The molecule has 1 aliphatic rings. The normalized spacial score (nSPS) is 17.1. The van der Waals surface area contributed by atoms with E-state index in [9.17, 15) is 4.79 Å². The third-order valence-electron chi connectivity index (χ3n) is 4.79. The maximum absolute atomic E-state index is 12.2. The SMILES string of the molecule is CN(C)C1(CNC(=O)Cc2ccccc2CN)CCCC1. The van der Waals surface area contributed by atoms with Gasteiger partial charge in [0.15, 0.2) is 0 Å². The van der Waals surface area contributed by atoms with Crippen LogP contribution in [0.15, 0.2) is 24.3 Å². The van der Waals surface area contributed by atoms with Crippen LogP contribution in [0.3, 0.4) is 0 Å². The predicted octanol–water partition coefficient (Wildman–Crippen LogP) is 1.68. The van der Waals surface area contributed by atoms with E-state index in [2.05, 4.69) is 24.3 Å². The topological polar surface area (TPSA) is 58.4 Å². The van der Waals surface area contributed by atoms with E-state index in [4.69, 9.17) is 5.73 Å². The third kappa shape index (κ3) is 3.83. The Balaban J connectivity index is 1.93. The zero-order valence-corrected chi connectivity index (χ0v) is 13.2. The van der Waals surface area contributed by atoms with Crippen LogP contribution in [-0.4, -0.2) is 37.0 Å². The second-order valence-corrected chi connectivity index (χ2v) is 6.25. The van der Waals surface area contributed by atoms with E-state index in [1.54, 1.807) is 0 Å². The average molecular weight is 289 g/mol. The van der Waals surface area contributed by atoms with Crippen molar-refractivity contribution in [3.63, 3.8) is 0 Å². The molecule has 0 radical (unpaired) electrons. The molecule has 0 aromatic heterocycles. The van der Waals surface area contributed by atoms with Crippen molar-refractivity contribution >= 4 is 5.91 Å². The molecular formula is C17H27N3O. The fourth-order valence-corrected chi connectivity index (χ4v) is 3.24. The monoisotopic (exact) mass is 289 g/mol. The zero-order valence-electron chi connectivity index (χ0n) is 13.2. The van der Waals surface area contributed by atoms with Crippen molar-refractivity contribution in [2.75, 3.05) is 20.6 Å². The number of amides is 1. The molecule has 2 rings (SSSR count). The predicted molar refractivity (Wildman–Crippen MR) is 85.9 cm³/mol. The number of carbonyl (C=O) groups is 1. The van der Waals surface area contributed by atoms with Crippen molar-refractivity contribution < 1.29 is 4.79 Å². The molecule has 21 heavy (non-hydrogen) atoms. The summed E-state index contributed by atoms with van der Waals surface area (Å²) >= 11 is 0. The highest BCUT2D eigenvalue weighted by atomic mass is 16.1. The van der Waals surface area contributed by atoms with Gasteiger partial charge in [-0.25, -0.2) is 0 Å². The lowest BCUT2D eigenvalue weighted by molar-refractivity contribution is -0.121. The molecule has 1 aliphatic carbocycles. The number of rotatable bonds is 6. The Morgan fingerprint density at radius 1 is 1.24 bits per heavy atom. The Hall–Kier alpha value is -1.39. The van der Waals surface area contributed by atoms with E-state index in [1.807, 2.05) is 24.3 Å². The molecule has 0 aliphatic heterocycles. The highest BCUT2D eigenvalue weighted by molar-refractivity contribution is 5.79. The van der Waals surface area contributed by atoms with Crippen molar-refractivity contribution in [1.29, 1.82) is 0 Å². The summed E-state index contributed by atoms with van der Waals surface area (Å²) in [4.78, 5) is 14.5. The number of likely N-dealkylation sites (N-methyl/N-ethyl adjacent to an activating group) is 1. The van der Waals surface area contributed by atoms with Gasteiger partial charge in [0.1, 0.15) is 0 Å². The molecule has 1 saturated carbocycles. The first-order chi connectivity index (χ1) is 10.1. The number of nitrogens with two attached hydrogens (primary N) is 1. The van der Waals surface area contributed by atoms with Crippen LogP contribution in [0.2, 0.25) is 0 Å². The standard InChI is InChI=1S/C17H27N3O/c1-20(2)17(9-5-6-10-17)13-19-16(21)11-14-7-3-4-8-15(14)12-18/h3-4,7-8H,5-6,9-13,18H2,1-2H3,(H,19,21). The Morgan fingerprint density at radius 2 is 1.86 bits per heavy atom. The maximum atomic E-state index is 12.2. The first kappa shape index (κ1) is 16.0. The molecule has 0 unspecified atom stereocenters. The van der Waals surface area contributed by atoms with Crippen molar-refractivity contribution in [3.05, 3.63) is 35.4 Å². The Labute approximate surface area is 127 Å². The fraction of sp³-hybridized carbons (Fsp3) is 0.588. The first-order valence-corrected chi connectivity index (χ1v) is 7.78. The second-order valence-electron chi connectivity index (χ2n) is 6.25. The van der Waals surface area contributed by atoms with Gasteiger partial charge in [-0.1, -0.05) is 37.1 Å². The molecule has 1 aromatic rings. The Bertz CT molecular complexity index is 479. The third-order valence-corrected chi connectivity index (χ3v) is 4.79. The smallest absolute Gasteiger partial charge is 0.224 e. The molecule has 4 nitrogen and oxygen atoms in total. The second kappa shape index (κ2) is 7.05. The molecule has 0 atom stereocenters. The lowest BCUT2D eigenvalue weighted by Crippen LogP contribution is -2.51. The molecule has 3 N–H and O–H groups in total. The van der Waals surface area contributed by atoms with Gasteiger partial charge in [-0.2, -0.15) is 0 Å². The number of nitrogens with zero attached hydrogens (tertiary/aromatic N) is 1. The summed E-state index contributed by atoms with van der Waals surface area (Å²) in [5.41, 5.74) is 7.95. The molecule has 0 heterocycles. The van der Waals surface area contributed by atoms with Crippen LogP contribution in [0.25, 0.3) is 0 Å². The summed E-state index contributed by atoms with van der Waals surface area (Å²) in [5.74, 6) is 0.0871. The highest BCUT2D eigenvalue weighted by Crippen LogP contribution is 2.33. The van der Waals surface area contributed by atoms with E-state index in [0.717, 1.165) is 17.7 Å². The molecule has 4 heteroatoms. The van der Waals surface area contributed by atoms with Gasteiger partial charge >= 0.3 is 0 Å². The van der Waals surface area contributed by atoms with Gasteiger partial charge in [0.25, 0.3) is 0 Å². The van der Waals surface area contributed by atoms with Crippen LogP contribution in [0, 0.1) is 0 Å². The van der Waals surface area contributed by atoms with Gasteiger partial charge in [0, 0.05) is 18.6 Å². The van der Waals surface area contributed by atoms with Crippen LogP contribution in [0.4, 0.5) is 0 Å². The summed E-state index contributed by atoms with van der Waals surface area (Å²) in [7, 11) is 4.22. The van der Waals surface area contributed by atoms with Gasteiger partial charge in [-0.05, 0) is 38.1 Å². The van der Waals surface area contributed by atoms with E-state index < -0.39 is 0 Å². The zero-order chi connectivity index (χ0) is 15.3. The van der Waals surface area contributed by atoms with Crippen LogP contribution < -0.4 is 11.1 Å². The lowest BCUT2D eigenvalue weighted by Gasteiger charge is -2.36. The number of hydrogen-bond acceptors (Lipinski definition) is 3. The molecule has 0 bridgehead atoms. The van der Waals surface area contributed by atoms with E-state index >= 15 is 0 Å². The average Bonchev–Trinajstić information content (AvgIpc) is 2.96. The summed E-state index contributed by atoms with van der Waals surface area (Å²) in [6.45, 7) is 1.22. The Morgan fingerprint density at radius 3 is 2.43 bits per heavy atom. The fourth-order valence-electron chi connectivity index (χ4n) is 3.24. The van der Waals surface area contributed by atoms with Crippen molar-refractivity contribution in [2.24, 2.45) is 5.73 Å². The summed E-state index contributed by atoms with van der Waals surface area (Å²) in [6.07, 6.45) is 5.25. The van der Waals surface area contributed by atoms with Gasteiger partial charge in [0.2, 0.25) is 5.91 Å². The molecule has 116 valence electrons. The minimum absolute atomic E-state index is 0.0871.